The second-order valence-electron chi connectivity index (χ2n) is 11.7. The van der Waals surface area contributed by atoms with E-state index < -0.39 is 53.1 Å². The Morgan fingerprint density at radius 1 is 0.980 bits per heavy atom. The lowest BCUT2D eigenvalue weighted by Gasteiger charge is -2.25. The fourth-order valence-corrected chi connectivity index (χ4v) is 5.07. The van der Waals surface area contributed by atoms with Crippen molar-refractivity contribution in [1.29, 1.82) is 0 Å². The van der Waals surface area contributed by atoms with Crippen molar-refractivity contribution >= 4 is 23.6 Å². The highest BCUT2D eigenvalue weighted by atomic mass is 19.1. The number of aromatic amines is 1. The summed E-state index contributed by atoms with van der Waals surface area (Å²) in [5.41, 5.74) is -4.12. The average Bonchev–Trinajstić information content (AvgIpc) is 3.28. The third-order valence-electron chi connectivity index (χ3n) is 7.73. The van der Waals surface area contributed by atoms with Crippen molar-refractivity contribution in [2.45, 2.75) is 89.3 Å². The Morgan fingerprint density at radius 2 is 1.59 bits per heavy atom. The molecule has 1 aromatic rings. The monoisotopic (exact) mass is 679 g/mol. The molecule has 0 aliphatic carbocycles. The van der Waals surface area contributed by atoms with Gasteiger partial charge < -0.3 is 20.5 Å². The molecule has 0 radical (unpaired) electrons. The number of aliphatic hydroxyl groups excluding tert-OH is 1. The van der Waals surface area contributed by atoms with Crippen molar-refractivity contribution in [2.24, 2.45) is 10.9 Å². The minimum Gasteiger partial charge on any atom is -0.387 e. The summed E-state index contributed by atoms with van der Waals surface area (Å²) in [4.78, 5) is 66.7. The molecule has 4 N–H and O–H groups in total. The van der Waals surface area contributed by atoms with Gasteiger partial charge in [0.2, 0.25) is 11.8 Å². The summed E-state index contributed by atoms with van der Waals surface area (Å²) in [6.07, 6.45) is 25.3. The predicted octanol–water partition coefficient (Wildman–Crippen LogP) is 3.79. The summed E-state index contributed by atoms with van der Waals surface area (Å²) in [7, 11) is 0. The standard InChI is InChI=1S/C36H46FN5O7/c1-3-4-5-6-7-8-9-10-11-12-13-14-15-16-17-18-19-28(43)38-24-22-29(44)39-27-21-20-26(33(47)40-27)31-32(46)36(2,37)34(49-31)42-25-23-30(45)41-35(42)48/h4-5,7-8,10-11,13-14,16-17,20-21,23,25-26,31-32,34,46H,3,6,9,12,15,18-19,22,24H2,1-2H3,(H,38,43)(H,41,45,48)(H,39,40,44,47)/b5-4-,8-7-,11-10-,14-13-,17-16-/t26?,31-,32-,34-,36-/m1/s1. The van der Waals surface area contributed by atoms with Crippen LogP contribution >= 0.6 is 0 Å². The summed E-state index contributed by atoms with van der Waals surface area (Å²) < 4.78 is 21.9. The van der Waals surface area contributed by atoms with Crippen LogP contribution < -0.4 is 21.9 Å². The van der Waals surface area contributed by atoms with Crippen molar-refractivity contribution in [3.05, 3.63) is 106 Å². The first-order valence-electron chi connectivity index (χ1n) is 16.5. The van der Waals surface area contributed by atoms with Crippen molar-refractivity contribution in [3.63, 3.8) is 0 Å². The fraction of sp³-hybridized carbons (Fsp3) is 0.444. The number of rotatable bonds is 17. The van der Waals surface area contributed by atoms with Crippen LogP contribution in [0.4, 0.5) is 4.39 Å². The van der Waals surface area contributed by atoms with E-state index in [0.29, 0.717) is 6.42 Å². The van der Waals surface area contributed by atoms with E-state index in [4.69, 9.17) is 4.74 Å². The topological polar surface area (TPSA) is 172 Å². The van der Waals surface area contributed by atoms with Crippen molar-refractivity contribution in [3.8, 4) is 0 Å². The molecule has 1 saturated heterocycles. The molecule has 3 amide bonds. The second-order valence-corrected chi connectivity index (χ2v) is 11.7. The summed E-state index contributed by atoms with van der Waals surface area (Å²) in [6.45, 7) is 3.23. The van der Waals surface area contributed by atoms with Crippen LogP contribution in [0.2, 0.25) is 0 Å². The number of amidine groups is 1. The fourth-order valence-electron chi connectivity index (χ4n) is 5.07. The minimum atomic E-state index is -2.49. The summed E-state index contributed by atoms with van der Waals surface area (Å²) in [5, 5.41) is 15.8. The summed E-state index contributed by atoms with van der Waals surface area (Å²) in [6, 6.07) is 1.00. The van der Waals surface area contributed by atoms with Crippen molar-refractivity contribution < 1.29 is 28.6 Å². The van der Waals surface area contributed by atoms with Gasteiger partial charge in [-0.05, 0) is 51.5 Å². The van der Waals surface area contributed by atoms with Crippen molar-refractivity contribution in [2.75, 3.05) is 6.54 Å². The van der Waals surface area contributed by atoms with Crippen molar-refractivity contribution in [1.82, 2.24) is 20.2 Å². The number of alkyl halides is 1. The maximum atomic E-state index is 15.5. The number of aliphatic imine (C=N–C) groups is 1. The van der Waals surface area contributed by atoms with Gasteiger partial charge in [0.1, 0.15) is 18.0 Å². The number of hydrogen-bond acceptors (Lipinski definition) is 7. The predicted molar refractivity (Wildman–Crippen MR) is 185 cm³/mol. The van der Waals surface area contributed by atoms with Crippen LogP contribution in [0.25, 0.3) is 0 Å². The highest BCUT2D eigenvalue weighted by Crippen LogP contribution is 2.43. The normalized spacial score (nSPS) is 24.2. The van der Waals surface area contributed by atoms with E-state index in [9.17, 15) is 29.1 Å². The number of ether oxygens (including phenoxy) is 1. The number of nitrogens with zero attached hydrogens (tertiary/aromatic N) is 2. The maximum Gasteiger partial charge on any atom is 0.330 e. The van der Waals surface area contributed by atoms with Gasteiger partial charge in [-0.2, -0.15) is 4.99 Å². The average molecular weight is 680 g/mol. The molecular formula is C36H46FN5O7. The van der Waals surface area contributed by atoms with Gasteiger partial charge in [0.25, 0.3) is 11.5 Å². The summed E-state index contributed by atoms with van der Waals surface area (Å²) in [5.74, 6) is -2.73. The molecule has 0 spiro atoms. The molecule has 1 aromatic heterocycles. The molecule has 5 atom stereocenters. The van der Waals surface area contributed by atoms with E-state index in [1.165, 1.54) is 12.2 Å². The minimum absolute atomic E-state index is 0.0557. The molecule has 2 aliphatic heterocycles. The molecule has 0 saturated carbocycles. The van der Waals surface area contributed by atoms with Gasteiger partial charge in [-0.3, -0.25) is 28.7 Å². The Balaban J connectivity index is 1.31. The van der Waals surface area contributed by atoms with E-state index in [1.807, 2.05) is 17.1 Å². The zero-order valence-corrected chi connectivity index (χ0v) is 27.9. The van der Waals surface area contributed by atoms with Crippen LogP contribution in [0, 0.1) is 5.92 Å². The van der Waals surface area contributed by atoms with Gasteiger partial charge in [-0.1, -0.05) is 73.8 Å². The number of hydrogen-bond donors (Lipinski definition) is 4. The number of aromatic nitrogens is 2. The highest BCUT2D eigenvalue weighted by molar-refractivity contribution is 6.11. The maximum absolute atomic E-state index is 15.5. The first-order valence-corrected chi connectivity index (χ1v) is 16.5. The van der Waals surface area contributed by atoms with Gasteiger partial charge in [-0.15, -0.1) is 0 Å². The second kappa shape index (κ2) is 19.9. The third kappa shape index (κ3) is 12.3. The molecule has 3 heterocycles. The zero-order chi connectivity index (χ0) is 35.6. The van der Waals surface area contributed by atoms with Crippen LogP contribution in [0.1, 0.15) is 71.4 Å². The molecule has 49 heavy (non-hydrogen) atoms. The molecule has 13 heteroatoms. The highest BCUT2D eigenvalue weighted by Gasteiger charge is 2.58. The van der Waals surface area contributed by atoms with E-state index in [1.54, 1.807) is 0 Å². The number of carbonyl (C=O) groups excluding carboxylic acids is 3. The molecular weight excluding hydrogens is 633 g/mol. The number of aliphatic hydroxyl groups is 1. The van der Waals surface area contributed by atoms with Crippen LogP contribution in [-0.2, 0) is 19.1 Å². The number of amides is 3. The Hall–Kier alpha value is -4.75. The van der Waals surface area contributed by atoms with Gasteiger partial charge >= 0.3 is 5.69 Å². The lowest BCUT2D eigenvalue weighted by Crippen LogP contribution is -2.45. The molecule has 2 aliphatic rings. The molecule has 0 aromatic carbocycles. The van der Waals surface area contributed by atoms with E-state index in [0.717, 1.165) is 55.9 Å². The Labute approximate surface area is 284 Å². The Morgan fingerprint density at radius 3 is 2.18 bits per heavy atom. The third-order valence-corrected chi connectivity index (χ3v) is 7.73. The summed E-state index contributed by atoms with van der Waals surface area (Å²) >= 11 is 0. The molecule has 3 rings (SSSR count). The molecule has 0 bridgehead atoms. The number of nitrogens with one attached hydrogen (secondary N) is 3. The Bertz CT molecular complexity index is 1620. The molecule has 1 fully saturated rings. The number of dihydropyridines is 1. The first-order chi connectivity index (χ1) is 23.5. The van der Waals surface area contributed by atoms with Crippen LogP contribution in [-0.4, -0.2) is 62.6 Å². The van der Waals surface area contributed by atoms with E-state index in [-0.39, 0.29) is 31.1 Å². The van der Waals surface area contributed by atoms with Crippen LogP contribution in [0.5, 0.6) is 0 Å². The van der Waals surface area contributed by atoms with Gasteiger partial charge in [0.15, 0.2) is 11.9 Å². The first kappa shape index (κ1) is 38.7. The lowest BCUT2D eigenvalue weighted by atomic mass is 9.89. The lowest BCUT2D eigenvalue weighted by molar-refractivity contribution is -0.127. The number of carbonyl (C=O) groups is 3. The molecule has 1 unspecified atom stereocenters. The largest absolute Gasteiger partial charge is 0.387 e. The smallest absolute Gasteiger partial charge is 0.330 e. The zero-order valence-electron chi connectivity index (χ0n) is 27.9. The van der Waals surface area contributed by atoms with Gasteiger partial charge in [0, 0.05) is 31.6 Å². The van der Waals surface area contributed by atoms with Crippen LogP contribution in [0.3, 0.4) is 0 Å². The van der Waals surface area contributed by atoms with Gasteiger partial charge in [-0.25, -0.2) is 9.18 Å². The van der Waals surface area contributed by atoms with Gasteiger partial charge in [0.05, 0.1) is 5.92 Å². The molecule has 264 valence electrons. The number of halogens is 1. The van der Waals surface area contributed by atoms with Crippen LogP contribution in [0.15, 0.2) is 99.8 Å². The quantitative estimate of drug-likeness (QED) is 0.182. The molecule has 12 nitrogen and oxygen atoms in total. The Kier molecular flexibility index (Phi) is 15.7. The van der Waals surface area contributed by atoms with E-state index >= 15 is 4.39 Å². The van der Waals surface area contributed by atoms with E-state index in [2.05, 4.69) is 71.2 Å². The number of allylic oxidation sites excluding steroid dienone is 10. The number of H-pyrrole nitrogens is 1. The SMILES string of the molecule is CC/C=C\C/C=C\C/C=C\C/C=C\C/C=C\CCC(=O)NCCC(=O)NC1=NC(=O)C([C@H]2O[C@@H](n3ccc(=O)[nH]c3=O)[C@](C)(F)[C@@H]2O)C=C1.